The molecule has 2 aromatic carbocycles. The number of nitrogens with one attached hydrogen (secondary N) is 1. The van der Waals surface area contributed by atoms with Crippen molar-refractivity contribution in [2.75, 3.05) is 0 Å². The fraction of sp³-hybridized carbons (Fsp3) is 0.258. The van der Waals surface area contributed by atoms with Crippen LogP contribution in [0.4, 0.5) is 13.2 Å². The zero-order valence-corrected chi connectivity index (χ0v) is 22.5. The van der Waals surface area contributed by atoms with E-state index in [1.807, 2.05) is 24.3 Å². The minimum absolute atomic E-state index is 0.0516. The maximum Gasteiger partial charge on any atom is 0.416 e. The second-order valence-corrected chi connectivity index (χ2v) is 11.4. The second kappa shape index (κ2) is 10.3. The van der Waals surface area contributed by atoms with Crippen LogP contribution in [-0.2, 0) is 17.4 Å². The largest absolute Gasteiger partial charge is 0.481 e. The molecule has 0 radical (unpaired) electrons. The molecule has 210 valence electrons. The standard InChI is InChI=1S/C31H25F3N2O4S/c32-31(33,34)20-10-6-16(7-11-20)22-12-8-18-14-19(9-13-23(18)35-22)26-25(17-4-2-1-3-5-17)29-27(36-26)21(15-24(37)38)28(41-29)30(39)40/h6-14,17,36H,1-5,15H2,(H,37,38)(H,39,40). The third-order valence-electron chi connectivity index (χ3n) is 7.79. The Morgan fingerprint density at radius 2 is 1.66 bits per heavy atom. The molecule has 0 spiro atoms. The molecular formula is C31H25F3N2O4S. The van der Waals surface area contributed by atoms with Gasteiger partial charge in [0.25, 0.3) is 0 Å². The highest BCUT2D eigenvalue weighted by Gasteiger charge is 2.31. The van der Waals surface area contributed by atoms with Gasteiger partial charge in [0.05, 0.1) is 39.1 Å². The Hall–Kier alpha value is -4.18. The number of pyridine rings is 1. The molecule has 3 N–H and O–H groups in total. The molecule has 0 unspecified atom stereocenters. The molecule has 0 saturated heterocycles. The zero-order chi connectivity index (χ0) is 28.9. The van der Waals surface area contributed by atoms with Gasteiger partial charge in [0.15, 0.2) is 0 Å². The number of carboxylic acids is 2. The molecule has 3 aromatic heterocycles. The van der Waals surface area contributed by atoms with Crippen LogP contribution in [0.25, 0.3) is 43.6 Å². The summed E-state index contributed by atoms with van der Waals surface area (Å²) < 4.78 is 39.7. The first kappa shape index (κ1) is 27.0. The highest BCUT2D eigenvalue weighted by molar-refractivity contribution is 7.21. The van der Waals surface area contributed by atoms with Crippen LogP contribution in [0.15, 0.2) is 54.6 Å². The van der Waals surface area contributed by atoms with Crippen LogP contribution in [-0.4, -0.2) is 32.1 Å². The summed E-state index contributed by atoms with van der Waals surface area (Å²) >= 11 is 1.14. The van der Waals surface area contributed by atoms with Gasteiger partial charge in [-0.1, -0.05) is 43.5 Å². The minimum Gasteiger partial charge on any atom is -0.481 e. The van der Waals surface area contributed by atoms with Gasteiger partial charge < -0.3 is 15.2 Å². The number of halogens is 3. The van der Waals surface area contributed by atoms with Gasteiger partial charge in [-0.05, 0) is 60.2 Å². The van der Waals surface area contributed by atoms with Crippen molar-refractivity contribution in [2.45, 2.75) is 50.6 Å². The number of H-pyrrole nitrogens is 1. The maximum absolute atomic E-state index is 13.0. The van der Waals surface area contributed by atoms with Crippen molar-refractivity contribution in [1.29, 1.82) is 0 Å². The van der Waals surface area contributed by atoms with Gasteiger partial charge in [-0.2, -0.15) is 13.2 Å². The number of rotatable bonds is 6. The topological polar surface area (TPSA) is 103 Å². The number of aliphatic carboxylic acids is 1. The van der Waals surface area contributed by atoms with E-state index in [1.165, 1.54) is 12.1 Å². The number of aromatic carboxylic acids is 1. The maximum atomic E-state index is 13.0. The molecule has 6 nitrogen and oxygen atoms in total. The van der Waals surface area contributed by atoms with Crippen molar-refractivity contribution < 1.29 is 33.0 Å². The number of carbonyl (C=O) groups is 2. The summed E-state index contributed by atoms with van der Waals surface area (Å²) in [7, 11) is 0. The summed E-state index contributed by atoms with van der Waals surface area (Å²) in [6.45, 7) is 0. The first-order valence-electron chi connectivity index (χ1n) is 13.3. The van der Waals surface area contributed by atoms with E-state index in [4.69, 9.17) is 0 Å². The number of hydrogen-bond acceptors (Lipinski definition) is 4. The smallest absolute Gasteiger partial charge is 0.416 e. The fourth-order valence-corrected chi connectivity index (χ4v) is 7.11. The Labute approximate surface area is 236 Å². The van der Waals surface area contributed by atoms with E-state index >= 15 is 0 Å². The monoisotopic (exact) mass is 578 g/mol. The van der Waals surface area contributed by atoms with Crippen LogP contribution in [0.3, 0.4) is 0 Å². The first-order chi connectivity index (χ1) is 19.6. The molecule has 1 aliphatic carbocycles. The van der Waals surface area contributed by atoms with Crippen LogP contribution in [0.1, 0.15) is 64.4 Å². The van der Waals surface area contributed by atoms with Crippen LogP contribution in [0, 0.1) is 0 Å². The fourth-order valence-electron chi connectivity index (χ4n) is 5.87. The number of alkyl halides is 3. The number of benzene rings is 2. The summed E-state index contributed by atoms with van der Waals surface area (Å²) in [6.07, 6.45) is 0.449. The van der Waals surface area contributed by atoms with Gasteiger partial charge in [-0.3, -0.25) is 4.79 Å². The van der Waals surface area contributed by atoms with Gasteiger partial charge in [0.1, 0.15) is 4.88 Å². The molecule has 0 amide bonds. The Balaban J connectivity index is 1.44. The summed E-state index contributed by atoms with van der Waals surface area (Å²) in [5, 5.41) is 20.1. The molecule has 5 aromatic rings. The van der Waals surface area contributed by atoms with E-state index in [0.29, 0.717) is 22.3 Å². The van der Waals surface area contributed by atoms with Crippen molar-refractivity contribution in [3.63, 3.8) is 0 Å². The van der Waals surface area contributed by atoms with Crippen molar-refractivity contribution in [3.8, 4) is 22.5 Å². The molecule has 1 saturated carbocycles. The Morgan fingerprint density at radius 1 is 0.951 bits per heavy atom. The lowest BCUT2D eigenvalue weighted by Gasteiger charge is -2.22. The van der Waals surface area contributed by atoms with E-state index in [-0.39, 0.29) is 22.8 Å². The minimum atomic E-state index is -4.40. The van der Waals surface area contributed by atoms with Crippen molar-refractivity contribution >= 4 is 44.4 Å². The Morgan fingerprint density at radius 3 is 2.32 bits per heavy atom. The van der Waals surface area contributed by atoms with Crippen LogP contribution < -0.4 is 0 Å². The highest BCUT2D eigenvalue weighted by Crippen LogP contribution is 2.47. The molecule has 41 heavy (non-hydrogen) atoms. The average molecular weight is 579 g/mol. The Kier molecular flexibility index (Phi) is 6.81. The number of carboxylic acid groups (broad SMARTS) is 2. The molecule has 3 heterocycles. The van der Waals surface area contributed by atoms with E-state index in [9.17, 15) is 33.0 Å². The predicted octanol–water partition coefficient (Wildman–Crippen LogP) is 8.50. The SMILES string of the molecule is O=C(O)Cc1c(C(=O)O)sc2c(C3CCCCC3)c(-c3ccc4nc(-c5ccc(C(F)(F)F)cc5)ccc4c3)[nH]c12. The normalized spacial score (nSPS) is 14.6. The molecule has 0 bridgehead atoms. The molecule has 1 fully saturated rings. The summed E-state index contributed by atoms with van der Waals surface area (Å²) in [4.78, 5) is 31.8. The van der Waals surface area contributed by atoms with E-state index in [2.05, 4.69) is 9.97 Å². The zero-order valence-electron chi connectivity index (χ0n) is 21.7. The van der Waals surface area contributed by atoms with Crippen molar-refractivity contribution in [2.24, 2.45) is 0 Å². The Bertz CT molecular complexity index is 1800. The quantitative estimate of drug-likeness (QED) is 0.187. The number of nitrogens with zero attached hydrogens (tertiary/aromatic N) is 1. The van der Waals surface area contributed by atoms with Crippen LogP contribution in [0.5, 0.6) is 0 Å². The van der Waals surface area contributed by atoms with E-state index in [0.717, 1.165) is 82.5 Å². The highest BCUT2D eigenvalue weighted by atomic mass is 32.1. The second-order valence-electron chi connectivity index (χ2n) is 10.4. The number of fused-ring (bicyclic) bond motifs is 2. The first-order valence-corrected chi connectivity index (χ1v) is 14.1. The molecular weight excluding hydrogens is 553 g/mol. The van der Waals surface area contributed by atoms with Crippen molar-refractivity contribution in [3.05, 3.63) is 76.2 Å². The van der Waals surface area contributed by atoms with Crippen molar-refractivity contribution in [1.82, 2.24) is 9.97 Å². The summed E-state index contributed by atoms with van der Waals surface area (Å²) in [5.74, 6) is -2.00. The summed E-state index contributed by atoms with van der Waals surface area (Å²) in [6, 6.07) is 14.3. The average Bonchev–Trinajstić information content (AvgIpc) is 3.49. The van der Waals surface area contributed by atoms with Gasteiger partial charge in [0.2, 0.25) is 0 Å². The predicted molar refractivity (Wildman–Crippen MR) is 151 cm³/mol. The van der Waals surface area contributed by atoms with Crippen LogP contribution >= 0.6 is 11.3 Å². The lowest BCUT2D eigenvalue weighted by molar-refractivity contribution is -0.138. The molecule has 10 heteroatoms. The van der Waals surface area contributed by atoms with E-state index in [1.54, 1.807) is 6.07 Å². The number of aromatic amines is 1. The lowest BCUT2D eigenvalue weighted by atomic mass is 9.83. The number of thiophene rings is 1. The number of aromatic nitrogens is 2. The molecule has 6 rings (SSSR count). The molecule has 0 atom stereocenters. The molecule has 0 aliphatic heterocycles. The third-order valence-corrected chi connectivity index (χ3v) is 9.05. The van der Waals surface area contributed by atoms with Gasteiger partial charge >= 0.3 is 18.1 Å². The van der Waals surface area contributed by atoms with E-state index < -0.39 is 23.7 Å². The van der Waals surface area contributed by atoms with Gasteiger partial charge in [0, 0.05) is 16.5 Å². The van der Waals surface area contributed by atoms with Gasteiger partial charge in [-0.15, -0.1) is 11.3 Å². The van der Waals surface area contributed by atoms with Gasteiger partial charge in [-0.25, -0.2) is 9.78 Å². The van der Waals surface area contributed by atoms with Crippen LogP contribution in [0.2, 0.25) is 0 Å². The molecule has 1 aliphatic rings. The number of hydrogen-bond donors (Lipinski definition) is 3. The summed E-state index contributed by atoms with van der Waals surface area (Å²) in [5.41, 5.74) is 4.73. The lowest BCUT2D eigenvalue weighted by Crippen LogP contribution is -2.05. The third kappa shape index (κ3) is 5.08.